The molecular formula is C35H32Cl2Zr. The third-order valence-corrected chi connectivity index (χ3v) is 15.8. The molecule has 0 bridgehead atoms. The molecule has 4 aromatic carbocycles. The SMILES string of the molecule is Cc1ccc([C](c2ccc(C)cc2)=[Zr+2]([C]2=CC=CC2)[c]2c(C)ccc3c2Cc2cc(C)ccc2-3)cc1.[Cl-].[Cl-]. The van der Waals surface area contributed by atoms with Crippen LogP contribution in [0.5, 0.6) is 0 Å². The maximum absolute atomic E-state index is 2.57. The van der Waals surface area contributed by atoms with E-state index in [1.807, 2.05) is 0 Å². The second kappa shape index (κ2) is 11.8. The van der Waals surface area contributed by atoms with Crippen LogP contribution in [0.4, 0.5) is 0 Å². The Morgan fingerprint density at radius 3 is 1.82 bits per heavy atom. The van der Waals surface area contributed by atoms with Crippen LogP contribution in [0, 0.1) is 27.7 Å². The van der Waals surface area contributed by atoms with Gasteiger partial charge in [-0.3, -0.25) is 0 Å². The third kappa shape index (κ3) is 5.27. The van der Waals surface area contributed by atoms with Gasteiger partial charge in [0.2, 0.25) is 0 Å². The van der Waals surface area contributed by atoms with E-state index in [-0.39, 0.29) is 24.8 Å². The fourth-order valence-electron chi connectivity index (χ4n) is 5.85. The molecule has 0 unspecified atom stereocenters. The van der Waals surface area contributed by atoms with Crippen LogP contribution in [0.3, 0.4) is 0 Å². The molecule has 0 aliphatic heterocycles. The number of halogens is 2. The van der Waals surface area contributed by atoms with Crippen LogP contribution >= 0.6 is 0 Å². The summed E-state index contributed by atoms with van der Waals surface area (Å²) in [5.74, 6) is 0. The van der Waals surface area contributed by atoms with Gasteiger partial charge in [0.25, 0.3) is 0 Å². The van der Waals surface area contributed by atoms with Gasteiger partial charge in [-0.15, -0.1) is 0 Å². The van der Waals surface area contributed by atoms with Crippen molar-refractivity contribution in [2.45, 2.75) is 40.5 Å². The summed E-state index contributed by atoms with van der Waals surface area (Å²) in [7, 11) is 0. The Morgan fingerprint density at radius 1 is 0.658 bits per heavy atom. The molecule has 0 heterocycles. The Kier molecular flexibility index (Phi) is 8.94. The van der Waals surface area contributed by atoms with Crippen molar-refractivity contribution in [2.24, 2.45) is 0 Å². The molecule has 0 spiro atoms. The average Bonchev–Trinajstić information content (AvgIpc) is 3.52. The van der Waals surface area contributed by atoms with E-state index in [2.05, 4.69) is 125 Å². The number of allylic oxidation sites excluding steroid dienone is 4. The number of benzene rings is 4. The molecule has 4 aromatic rings. The van der Waals surface area contributed by atoms with E-state index in [4.69, 9.17) is 0 Å². The van der Waals surface area contributed by atoms with Crippen LogP contribution in [0.2, 0.25) is 0 Å². The second-order valence-corrected chi connectivity index (χ2v) is 16.3. The largest absolute Gasteiger partial charge is 1.00 e. The average molecular weight is 615 g/mol. The summed E-state index contributed by atoms with van der Waals surface area (Å²) in [6.45, 7) is 8.94. The number of hydrogen-bond donors (Lipinski definition) is 0. The molecule has 0 radical (unpaired) electrons. The molecule has 3 heteroatoms. The molecule has 0 atom stereocenters. The van der Waals surface area contributed by atoms with Gasteiger partial charge in [0, 0.05) is 0 Å². The van der Waals surface area contributed by atoms with Gasteiger partial charge in [0.15, 0.2) is 0 Å². The summed E-state index contributed by atoms with van der Waals surface area (Å²) in [6, 6.07) is 30.4. The molecule has 2 aliphatic carbocycles. The van der Waals surface area contributed by atoms with Gasteiger partial charge in [0.05, 0.1) is 0 Å². The molecule has 0 saturated carbocycles. The topological polar surface area (TPSA) is 0 Å². The van der Waals surface area contributed by atoms with E-state index >= 15 is 0 Å². The van der Waals surface area contributed by atoms with Crippen molar-refractivity contribution in [1.82, 2.24) is 0 Å². The number of aryl methyl sites for hydroxylation is 4. The summed E-state index contributed by atoms with van der Waals surface area (Å²) in [4.78, 5) is 0. The molecule has 6 rings (SSSR count). The first-order valence-electron chi connectivity index (χ1n) is 13.0. The summed E-state index contributed by atoms with van der Waals surface area (Å²) in [5.41, 5.74) is 14.2. The molecule has 0 N–H and O–H groups in total. The minimum absolute atomic E-state index is 0. The van der Waals surface area contributed by atoms with Crippen molar-refractivity contribution in [3.05, 3.63) is 145 Å². The number of hydrogen-bond acceptors (Lipinski definition) is 0. The first kappa shape index (κ1) is 28.7. The van der Waals surface area contributed by atoms with E-state index in [1.54, 1.807) is 15.3 Å². The summed E-state index contributed by atoms with van der Waals surface area (Å²) in [6.07, 6.45) is 9.24. The predicted octanol–water partition coefficient (Wildman–Crippen LogP) is 1.86. The van der Waals surface area contributed by atoms with E-state index in [0.29, 0.717) is 0 Å². The van der Waals surface area contributed by atoms with Gasteiger partial charge in [-0.2, -0.15) is 0 Å². The predicted molar refractivity (Wildman–Crippen MR) is 151 cm³/mol. The van der Waals surface area contributed by atoms with Gasteiger partial charge >= 0.3 is 224 Å². The summed E-state index contributed by atoms with van der Waals surface area (Å²) < 4.78 is 4.98. The summed E-state index contributed by atoms with van der Waals surface area (Å²) >= 11 is -2.57. The first-order chi connectivity index (χ1) is 17.5. The van der Waals surface area contributed by atoms with Crippen molar-refractivity contribution in [1.29, 1.82) is 0 Å². The molecule has 0 fully saturated rings. The van der Waals surface area contributed by atoms with Crippen LogP contribution in [0.25, 0.3) is 11.1 Å². The maximum Gasteiger partial charge on any atom is -1.00 e. The quantitative estimate of drug-likeness (QED) is 0.290. The minimum Gasteiger partial charge on any atom is -1.00 e. The van der Waals surface area contributed by atoms with Gasteiger partial charge < -0.3 is 24.8 Å². The van der Waals surface area contributed by atoms with E-state index < -0.39 is 21.3 Å². The fraction of sp³-hybridized carbons (Fsp3) is 0.171. The van der Waals surface area contributed by atoms with Crippen molar-refractivity contribution in [3.63, 3.8) is 0 Å². The zero-order chi connectivity index (χ0) is 24.8. The standard InChI is InChI=1S/C15H13.C15H14.C5H5.2ClH.Zr/c1-10-3-5-14-12(7-10)9-13-8-11(2)4-6-15(13)14;1-12-3-7-14(8-4-12)11-15-9-5-13(2)6-10-15;1-2-4-5-3-1;;;/h3-7H,9H2,1-2H3;3-10H,1-2H3;1-3H,4H2;2*1H;/q;;;;;+2/p-2. The zero-order valence-corrected chi connectivity index (χ0v) is 26.4. The molecule has 0 amide bonds. The maximum atomic E-state index is 2.45. The van der Waals surface area contributed by atoms with Crippen LogP contribution in [0.1, 0.15) is 50.9 Å². The second-order valence-electron chi connectivity index (χ2n) is 10.4. The van der Waals surface area contributed by atoms with Crippen molar-refractivity contribution < 1.29 is 46.1 Å². The molecule has 38 heavy (non-hydrogen) atoms. The molecule has 0 aromatic heterocycles. The van der Waals surface area contributed by atoms with E-state index in [9.17, 15) is 0 Å². The Balaban J connectivity index is 0.00000168. The Morgan fingerprint density at radius 2 is 1.24 bits per heavy atom. The number of rotatable bonds is 4. The number of fused-ring (bicyclic) bond motifs is 3. The Bertz CT molecular complexity index is 1540. The summed E-state index contributed by atoms with van der Waals surface area (Å²) in [5, 5.41) is 0. The molecular weight excluding hydrogens is 583 g/mol. The normalized spacial score (nSPS) is 12.4. The fourth-order valence-corrected chi connectivity index (χ4v) is 14.2. The third-order valence-electron chi connectivity index (χ3n) is 7.71. The van der Waals surface area contributed by atoms with Crippen LogP contribution in [0.15, 0.2) is 100 Å². The first-order valence-corrected chi connectivity index (χ1v) is 16.7. The van der Waals surface area contributed by atoms with E-state index in [0.717, 1.165) is 12.8 Å². The van der Waals surface area contributed by atoms with Gasteiger partial charge in [0.1, 0.15) is 0 Å². The van der Waals surface area contributed by atoms with Crippen LogP contribution in [-0.2, 0) is 27.7 Å². The molecule has 0 nitrogen and oxygen atoms in total. The monoisotopic (exact) mass is 612 g/mol. The molecule has 190 valence electrons. The van der Waals surface area contributed by atoms with Crippen molar-refractivity contribution >= 4 is 6.48 Å². The smallest absolute Gasteiger partial charge is 1.00 e. The van der Waals surface area contributed by atoms with Crippen LogP contribution in [-0.4, -0.2) is 3.21 Å². The molecule has 2 aliphatic rings. The van der Waals surface area contributed by atoms with Crippen molar-refractivity contribution in [3.8, 4) is 11.1 Å². The van der Waals surface area contributed by atoms with Gasteiger partial charge in [-0.05, 0) is 0 Å². The Labute approximate surface area is 247 Å². The van der Waals surface area contributed by atoms with Gasteiger partial charge in [-0.25, -0.2) is 0 Å². The molecule has 0 saturated heterocycles. The van der Waals surface area contributed by atoms with Crippen molar-refractivity contribution in [2.75, 3.05) is 0 Å². The Hall–Kier alpha value is -2.31. The van der Waals surface area contributed by atoms with E-state index in [1.165, 1.54) is 50.1 Å². The van der Waals surface area contributed by atoms with Crippen LogP contribution < -0.4 is 28.1 Å². The minimum atomic E-state index is -2.57. The van der Waals surface area contributed by atoms with Gasteiger partial charge in [-0.1, -0.05) is 0 Å². The zero-order valence-electron chi connectivity index (χ0n) is 22.4.